The molecule has 0 heterocycles. The molecule has 136 valence electrons. The van der Waals surface area contributed by atoms with Crippen LogP contribution in [0.2, 0.25) is 0 Å². The van der Waals surface area contributed by atoms with Crippen molar-refractivity contribution in [3.05, 3.63) is 64.0 Å². The first-order valence-corrected chi connectivity index (χ1v) is 8.60. The van der Waals surface area contributed by atoms with Crippen molar-refractivity contribution in [2.24, 2.45) is 5.92 Å². The average Bonchev–Trinajstić information content (AvgIpc) is 3.15. The summed E-state index contributed by atoms with van der Waals surface area (Å²) in [6.45, 7) is 0.275. The van der Waals surface area contributed by atoms with E-state index in [0.717, 1.165) is 49.4 Å². The minimum absolute atomic E-state index is 0.0355. The predicted molar refractivity (Wildman–Crippen MR) is 97.4 cm³/mol. The summed E-state index contributed by atoms with van der Waals surface area (Å²) >= 11 is 0. The van der Waals surface area contributed by atoms with Gasteiger partial charge >= 0.3 is 0 Å². The Morgan fingerprint density at radius 1 is 1.19 bits per heavy atom. The monoisotopic (exact) mass is 357 g/mol. The molecule has 1 amide bonds. The van der Waals surface area contributed by atoms with Gasteiger partial charge in [0.25, 0.3) is 5.69 Å². The van der Waals surface area contributed by atoms with E-state index < -0.39 is 10.7 Å². The molecule has 1 saturated carbocycles. The number of nitro benzene ring substituents is 1. The molecule has 0 spiro atoms. The third-order valence-corrected chi connectivity index (χ3v) is 4.56. The Bertz CT molecular complexity index is 819. The minimum Gasteiger partial charge on any atom is -0.375 e. The molecule has 2 aromatic rings. The number of nitrogens with one attached hydrogen (secondary N) is 2. The lowest BCUT2D eigenvalue weighted by molar-refractivity contribution is -0.384. The summed E-state index contributed by atoms with van der Waals surface area (Å²) < 4.78 is 13.4. The largest absolute Gasteiger partial charge is 0.375 e. The molecular formula is C19H20FN3O3. The van der Waals surface area contributed by atoms with E-state index in [1.165, 1.54) is 0 Å². The van der Waals surface area contributed by atoms with Crippen LogP contribution in [0.1, 0.15) is 31.2 Å². The van der Waals surface area contributed by atoms with Crippen molar-refractivity contribution in [3.63, 3.8) is 0 Å². The molecule has 2 aromatic carbocycles. The van der Waals surface area contributed by atoms with E-state index in [1.54, 1.807) is 12.1 Å². The van der Waals surface area contributed by atoms with Crippen LogP contribution in [-0.2, 0) is 11.3 Å². The summed E-state index contributed by atoms with van der Waals surface area (Å²) in [5.74, 6) is -0.434. The second-order valence-electron chi connectivity index (χ2n) is 6.44. The van der Waals surface area contributed by atoms with Gasteiger partial charge in [-0.2, -0.15) is 0 Å². The second kappa shape index (κ2) is 7.95. The summed E-state index contributed by atoms with van der Waals surface area (Å²) in [4.78, 5) is 22.7. The normalized spacial score (nSPS) is 14.2. The summed E-state index contributed by atoms with van der Waals surface area (Å²) in [6.07, 6.45) is 4.04. The Labute approximate surface area is 150 Å². The number of anilines is 2. The van der Waals surface area contributed by atoms with Crippen LogP contribution >= 0.6 is 0 Å². The highest BCUT2D eigenvalue weighted by molar-refractivity contribution is 5.92. The summed E-state index contributed by atoms with van der Waals surface area (Å²) in [7, 11) is 0. The summed E-state index contributed by atoms with van der Waals surface area (Å²) in [5, 5.41) is 16.9. The van der Waals surface area contributed by atoms with Gasteiger partial charge in [0.2, 0.25) is 5.91 Å². The van der Waals surface area contributed by atoms with Crippen molar-refractivity contribution in [1.29, 1.82) is 0 Å². The number of carbonyl (C=O) groups is 1. The number of hydrogen-bond acceptors (Lipinski definition) is 4. The third kappa shape index (κ3) is 4.36. The zero-order valence-corrected chi connectivity index (χ0v) is 14.2. The van der Waals surface area contributed by atoms with Crippen molar-refractivity contribution in [2.75, 3.05) is 10.6 Å². The number of amides is 1. The fourth-order valence-electron chi connectivity index (χ4n) is 3.20. The Kier molecular flexibility index (Phi) is 5.46. The summed E-state index contributed by atoms with van der Waals surface area (Å²) in [5.41, 5.74) is 1.45. The molecule has 6 nitrogen and oxygen atoms in total. The smallest absolute Gasteiger partial charge is 0.292 e. The first kappa shape index (κ1) is 17.8. The van der Waals surface area contributed by atoms with Gasteiger partial charge in [0, 0.05) is 30.3 Å². The molecule has 26 heavy (non-hydrogen) atoms. The molecule has 3 rings (SSSR count). The van der Waals surface area contributed by atoms with E-state index in [4.69, 9.17) is 0 Å². The van der Waals surface area contributed by atoms with Crippen LogP contribution in [0.3, 0.4) is 0 Å². The number of nitrogens with zero attached hydrogens (tertiary/aromatic N) is 1. The molecule has 0 radical (unpaired) electrons. The first-order chi connectivity index (χ1) is 12.5. The number of rotatable bonds is 6. The standard InChI is InChI=1S/C19H20FN3O3/c20-15-8-9-18(23(25)26)17(11-15)21-12-13-4-3-7-16(10-13)22-19(24)14-5-1-2-6-14/h3-4,7-11,14,21H,1-2,5-6,12H2,(H,22,24). The maximum atomic E-state index is 13.4. The molecule has 0 bridgehead atoms. The second-order valence-corrected chi connectivity index (χ2v) is 6.44. The molecular weight excluding hydrogens is 337 g/mol. The number of hydrogen-bond donors (Lipinski definition) is 2. The maximum absolute atomic E-state index is 13.4. The van der Waals surface area contributed by atoms with E-state index in [9.17, 15) is 19.3 Å². The van der Waals surface area contributed by atoms with Crippen LogP contribution < -0.4 is 10.6 Å². The Morgan fingerprint density at radius 2 is 1.96 bits per heavy atom. The fraction of sp³-hybridized carbons (Fsp3) is 0.316. The van der Waals surface area contributed by atoms with E-state index >= 15 is 0 Å². The number of halogens is 1. The molecule has 1 aliphatic rings. The van der Waals surface area contributed by atoms with Gasteiger partial charge in [-0.1, -0.05) is 25.0 Å². The van der Waals surface area contributed by atoms with Crippen LogP contribution in [0.25, 0.3) is 0 Å². The van der Waals surface area contributed by atoms with Gasteiger partial charge in [0.05, 0.1) is 4.92 Å². The highest BCUT2D eigenvalue weighted by Crippen LogP contribution is 2.27. The van der Waals surface area contributed by atoms with Crippen LogP contribution in [0, 0.1) is 21.8 Å². The minimum atomic E-state index is -0.556. The van der Waals surface area contributed by atoms with Crippen LogP contribution in [0.15, 0.2) is 42.5 Å². The van der Waals surface area contributed by atoms with Crippen molar-refractivity contribution in [2.45, 2.75) is 32.2 Å². The van der Waals surface area contributed by atoms with Gasteiger partial charge in [0.15, 0.2) is 0 Å². The lowest BCUT2D eigenvalue weighted by Gasteiger charge is -2.12. The lowest BCUT2D eigenvalue weighted by Crippen LogP contribution is -2.20. The van der Waals surface area contributed by atoms with Crippen LogP contribution in [0.5, 0.6) is 0 Å². The van der Waals surface area contributed by atoms with Gasteiger partial charge < -0.3 is 10.6 Å². The van der Waals surface area contributed by atoms with Crippen molar-refractivity contribution in [3.8, 4) is 0 Å². The molecule has 2 N–H and O–H groups in total. The zero-order valence-electron chi connectivity index (χ0n) is 14.2. The van der Waals surface area contributed by atoms with E-state index in [-0.39, 0.29) is 29.7 Å². The van der Waals surface area contributed by atoms with Gasteiger partial charge in [-0.05, 0) is 36.6 Å². The average molecular weight is 357 g/mol. The van der Waals surface area contributed by atoms with Gasteiger partial charge in [-0.3, -0.25) is 14.9 Å². The quantitative estimate of drug-likeness (QED) is 0.590. The molecule has 0 saturated heterocycles. The van der Waals surface area contributed by atoms with Gasteiger partial charge in [-0.25, -0.2) is 4.39 Å². The molecule has 7 heteroatoms. The molecule has 1 aliphatic carbocycles. The number of nitro groups is 1. The van der Waals surface area contributed by atoms with Crippen molar-refractivity contribution < 1.29 is 14.1 Å². The van der Waals surface area contributed by atoms with Crippen LogP contribution in [0.4, 0.5) is 21.5 Å². The number of benzene rings is 2. The lowest BCUT2D eigenvalue weighted by atomic mass is 10.1. The number of carbonyl (C=O) groups excluding carboxylic acids is 1. The molecule has 0 unspecified atom stereocenters. The van der Waals surface area contributed by atoms with Gasteiger partial charge in [0.1, 0.15) is 11.5 Å². The van der Waals surface area contributed by atoms with E-state index in [2.05, 4.69) is 10.6 Å². The molecule has 0 aromatic heterocycles. The maximum Gasteiger partial charge on any atom is 0.292 e. The Hall–Kier alpha value is -2.96. The van der Waals surface area contributed by atoms with Gasteiger partial charge in [-0.15, -0.1) is 0 Å². The van der Waals surface area contributed by atoms with E-state index in [0.29, 0.717) is 5.69 Å². The topological polar surface area (TPSA) is 84.3 Å². The Morgan fingerprint density at radius 3 is 2.69 bits per heavy atom. The zero-order chi connectivity index (χ0) is 18.5. The van der Waals surface area contributed by atoms with Crippen LogP contribution in [-0.4, -0.2) is 10.8 Å². The predicted octanol–water partition coefficient (Wildman–Crippen LogP) is 4.47. The molecule has 1 fully saturated rings. The van der Waals surface area contributed by atoms with Crippen molar-refractivity contribution >= 4 is 23.0 Å². The third-order valence-electron chi connectivity index (χ3n) is 4.56. The highest BCUT2D eigenvalue weighted by atomic mass is 19.1. The SMILES string of the molecule is O=C(Nc1cccc(CNc2cc(F)ccc2[N+](=O)[O-])c1)C1CCCC1. The van der Waals surface area contributed by atoms with Crippen molar-refractivity contribution in [1.82, 2.24) is 0 Å². The molecule has 0 atom stereocenters. The first-order valence-electron chi connectivity index (χ1n) is 8.60. The van der Waals surface area contributed by atoms with E-state index in [1.807, 2.05) is 12.1 Å². The molecule has 0 aliphatic heterocycles. The Balaban J connectivity index is 1.67. The summed E-state index contributed by atoms with van der Waals surface area (Å²) in [6, 6.07) is 10.6. The fourth-order valence-corrected chi connectivity index (χ4v) is 3.20. The highest BCUT2D eigenvalue weighted by Gasteiger charge is 2.22.